The Labute approximate surface area is 203 Å². The van der Waals surface area contributed by atoms with Gasteiger partial charge in [-0.15, -0.1) is 0 Å². The molecule has 3 aromatic carbocycles. The summed E-state index contributed by atoms with van der Waals surface area (Å²) in [7, 11) is -5.11. The third-order valence-electron chi connectivity index (χ3n) is 4.83. The van der Waals surface area contributed by atoms with Crippen molar-refractivity contribution >= 4 is 48.9 Å². The number of ether oxygens (including phenoxy) is 1. The van der Waals surface area contributed by atoms with Gasteiger partial charge in [0.05, 0.1) is 17.0 Å². The van der Waals surface area contributed by atoms with Crippen molar-refractivity contribution in [1.82, 2.24) is 4.72 Å². The molecule has 12 heteroatoms. The summed E-state index contributed by atoms with van der Waals surface area (Å²) < 4.78 is 59.9. The maximum absolute atomic E-state index is 13.0. The summed E-state index contributed by atoms with van der Waals surface area (Å²) in [6, 6.07) is 14.6. The second-order valence-corrected chi connectivity index (χ2v) is 11.0. The maximum atomic E-state index is 13.0. The number of hydrogen-bond donors (Lipinski definition) is 3. The number of rotatable bonds is 8. The molecular formula is C22H22ClN3O6S2. The molecule has 0 fully saturated rings. The van der Waals surface area contributed by atoms with E-state index in [1.165, 1.54) is 32.4 Å². The molecule has 0 heterocycles. The molecule has 0 unspecified atom stereocenters. The van der Waals surface area contributed by atoms with Crippen LogP contribution in [-0.4, -0.2) is 36.9 Å². The molecular weight excluding hydrogens is 502 g/mol. The molecule has 1 amide bonds. The Bertz CT molecular complexity index is 1440. The lowest BCUT2D eigenvalue weighted by Crippen LogP contribution is -2.20. The summed E-state index contributed by atoms with van der Waals surface area (Å²) in [6.45, 7) is 1.63. The van der Waals surface area contributed by atoms with Crippen molar-refractivity contribution in [1.29, 1.82) is 0 Å². The van der Waals surface area contributed by atoms with Crippen LogP contribution in [0.4, 0.5) is 11.4 Å². The van der Waals surface area contributed by atoms with Crippen LogP contribution in [0.5, 0.6) is 5.75 Å². The Hall–Kier alpha value is -3.12. The van der Waals surface area contributed by atoms with Crippen LogP contribution in [0.3, 0.4) is 0 Å². The van der Waals surface area contributed by atoms with Crippen molar-refractivity contribution in [3.05, 3.63) is 76.8 Å². The Morgan fingerprint density at radius 3 is 2.12 bits per heavy atom. The smallest absolute Gasteiger partial charge is 0.262 e. The molecule has 180 valence electrons. The standard InChI is InChI=1S/C22H22ClN3O6S2/c1-14-4-6-17(13-20(14)34(30,31)26-16-7-9-18(32-3)10-8-16)25-22(27)15-5-11-19(23)21(12-15)33(28,29)24-2/h4-13,24,26H,1-3H3,(H,25,27). The first-order valence-electron chi connectivity index (χ1n) is 9.79. The Kier molecular flexibility index (Phi) is 7.51. The first kappa shape index (κ1) is 25.5. The predicted molar refractivity (Wildman–Crippen MR) is 131 cm³/mol. The summed E-state index contributed by atoms with van der Waals surface area (Å²) in [5, 5.41) is 2.54. The molecule has 0 radical (unpaired) electrons. The normalized spacial score (nSPS) is 11.6. The predicted octanol–water partition coefficient (Wildman–Crippen LogP) is 3.62. The molecule has 0 aliphatic rings. The average molecular weight is 524 g/mol. The number of benzene rings is 3. The molecule has 0 aliphatic carbocycles. The number of anilines is 2. The molecule has 3 rings (SSSR count). The van der Waals surface area contributed by atoms with E-state index >= 15 is 0 Å². The van der Waals surface area contributed by atoms with Gasteiger partial charge < -0.3 is 10.1 Å². The van der Waals surface area contributed by atoms with Gasteiger partial charge in [0.25, 0.3) is 15.9 Å². The van der Waals surface area contributed by atoms with Crippen LogP contribution in [0.25, 0.3) is 0 Å². The average Bonchev–Trinajstić information content (AvgIpc) is 2.80. The van der Waals surface area contributed by atoms with E-state index in [2.05, 4.69) is 14.8 Å². The van der Waals surface area contributed by atoms with Gasteiger partial charge in [-0.1, -0.05) is 17.7 Å². The molecule has 0 saturated carbocycles. The van der Waals surface area contributed by atoms with Crippen LogP contribution in [0.2, 0.25) is 5.02 Å². The van der Waals surface area contributed by atoms with Gasteiger partial charge in [0.1, 0.15) is 10.6 Å². The van der Waals surface area contributed by atoms with E-state index in [0.29, 0.717) is 17.0 Å². The number of carbonyl (C=O) groups excluding carboxylic acids is 1. The highest BCUT2D eigenvalue weighted by atomic mass is 35.5. The fourth-order valence-corrected chi connectivity index (χ4v) is 5.58. The molecule has 34 heavy (non-hydrogen) atoms. The number of carbonyl (C=O) groups is 1. The quantitative estimate of drug-likeness (QED) is 0.413. The maximum Gasteiger partial charge on any atom is 0.262 e. The number of nitrogens with one attached hydrogen (secondary N) is 3. The highest BCUT2D eigenvalue weighted by Crippen LogP contribution is 2.26. The number of sulfonamides is 2. The van der Waals surface area contributed by atoms with Crippen molar-refractivity contribution in [3.63, 3.8) is 0 Å². The third-order valence-corrected chi connectivity index (χ3v) is 8.25. The van der Waals surface area contributed by atoms with Crippen molar-refractivity contribution in [2.24, 2.45) is 0 Å². The van der Waals surface area contributed by atoms with Crippen molar-refractivity contribution in [3.8, 4) is 5.75 Å². The number of aryl methyl sites for hydroxylation is 1. The highest BCUT2D eigenvalue weighted by molar-refractivity contribution is 7.92. The first-order chi connectivity index (χ1) is 16.0. The minimum Gasteiger partial charge on any atom is -0.497 e. The molecule has 9 nitrogen and oxygen atoms in total. The van der Waals surface area contributed by atoms with Crippen LogP contribution in [-0.2, 0) is 20.0 Å². The summed E-state index contributed by atoms with van der Waals surface area (Å²) in [5.41, 5.74) is 1.04. The first-order valence-corrected chi connectivity index (χ1v) is 13.1. The zero-order valence-electron chi connectivity index (χ0n) is 18.4. The lowest BCUT2D eigenvalue weighted by atomic mass is 10.2. The SMILES string of the molecule is CNS(=O)(=O)c1cc(C(=O)Nc2ccc(C)c(S(=O)(=O)Nc3ccc(OC)cc3)c2)ccc1Cl. The summed E-state index contributed by atoms with van der Waals surface area (Å²) in [5.74, 6) is -0.0590. The zero-order valence-corrected chi connectivity index (χ0v) is 20.8. The van der Waals surface area contributed by atoms with Crippen LogP contribution in [0.1, 0.15) is 15.9 Å². The van der Waals surface area contributed by atoms with E-state index < -0.39 is 26.0 Å². The van der Waals surface area contributed by atoms with Crippen molar-refractivity contribution < 1.29 is 26.4 Å². The summed E-state index contributed by atoms with van der Waals surface area (Å²) >= 11 is 5.96. The highest BCUT2D eigenvalue weighted by Gasteiger charge is 2.21. The van der Waals surface area contributed by atoms with Gasteiger partial charge in [-0.3, -0.25) is 9.52 Å². The zero-order chi connectivity index (χ0) is 25.1. The van der Waals surface area contributed by atoms with Gasteiger partial charge in [-0.25, -0.2) is 21.6 Å². The van der Waals surface area contributed by atoms with Gasteiger partial charge in [-0.05, 0) is 74.1 Å². The van der Waals surface area contributed by atoms with E-state index in [1.54, 1.807) is 43.3 Å². The number of methoxy groups -OCH3 is 1. The Morgan fingerprint density at radius 1 is 0.853 bits per heavy atom. The van der Waals surface area contributed by atoms with E-state index in [9.17, 15) is 21.6 Å². The summed E-state index contributed by atoms with van der Waals surface area (Å²) in [4.78, 5) is 12.5. The van der Waals surface area contributed by atoms with Crippen molar-refractivity contribution in [2.45, 2.75) is 16.7 Å². The number of amides is 1. The van der Waals surface area contributed by atoms with Crippen LogP contribution in [0.15, 0.2) is 70.5 Å². The molecule has 0 bridgehead atoms. The lowest BCUT2D eigenvalue weighted by Gasteiger charge is -2.13. The van der Waals surface area contributed by atoms with E-state index in [1.807, 2.05) is 0 Å². The van der Waals surface area contributed by atoms with E-state index in [0.717, 1.165) is 6.07 Å². The fourth-order valence-electron chi connectivity index (χ4n) is 3.00. The van der Waals surface area contributed by atoms with E-state index in [4.69, 9.17) is 16.3 Å². The summed E-state index contributed by atoms with van der Waals surface area (Å²) in [6.07, 6.45) is 0. The molecule has 3 N–H and O–H groups in total. The van der Waals surface area contributed by atoms with E-state index in [-0.39, 0.29) is 26.1 Å². The van der Waals surface area contributed by atoms with Crippen LogP contribution >= 0.6 is 11.6 Å². The van der Waals surface area contributed by atoms with Crippen LogP contribution < -0.4 is 19.5 Å². The fraction of sp³-hybridized carbons (Fsp3) is 0.136. The van der Waals surface area contributed by atoms with Gasteiger partial charge in [0.15, 0.2) is 0 Å². The largest absolute Gasteiger partial charge is 0.497 e. The van der Waals surface area contributed by atoms with Crippen molar-refractivity contribution in [2.75, 3.05) is 24.2 Å². The number of hydrogen-bond acceptors (Lipinski definition) is 6. The molecule has 0 saturated heterocycles. The Balaban J connectivity index is 1.87. The van der Waals surface area contributed by atoms with Gasteiger partial charge in [0, 0.05) is 16.9 Å². The van der Waals surface area contributed by atoms with Crippen LogP contribution in [0, 0.1) is 6.92 Å². The molecule has 3 aromatic rings. The minimum atomic E-state index is -3.97. The molecule has 0 aromatic heterocycles. The molecule has 0 aliphatic heterocycles. The van der Waals surface area contributed by atoms with Gasteiger partial charge >= 0.3 is 0 Å². The second kappa shape index (κ2) is 10.0. The lowest BCUT2D eigenvalue weighted by molar-refractivity contribution is 0.102. The third kappa shape index (κ3) is 5.68. The molecule has 0 atom stereocenters. The monoisotopic (exact) mass is 523 g/mol. The van der Waals surface area contributed by atoms with Gasteiger partial charge in [0.2, 0.25) is 10.0 Å². The second-order valence-electron chi connectivity index (χ2n) is 7.12. The minimum absolute atomic E-state index is 0.0274. The number of halogens is 1. The van der Waals surface area contributed by atoms with Gasteiger partial charge in [-0.2, -0.15) is 0 Å². The molecule has 0 spiro atoms. The topological polar surface area (TPSA) is 131 Å². The Morgan fingerprint density at radius 2 is 1.50 bits per heavy atom.